The summed E-state index contributed by atoms with van der Waals surface area (Å²) in [7, 11) is 0. The molecule has 3 aromatic carbocycles. The number of nitrogens with zero attached hydrogens (tertiary/aromatic N) is 1. The summed E-state index contributed by atoms with van der Waals surface area (Å²) in [6, 6.07) is 20.8. The Balaban J connectivity index is 1.39. The van der Waals surface area contributed by atoms with Gasteiger partial charge in [-0.25, -0.2) is 4.98 Å². The van der Waals surface area contributed by atoms with Crippen LogP contribution in [-0.2, 0) is 0 Å². The number of allylic oxidation sites excluding steroid dienone is 2. The molecule has 3 nitrogen and oxygen atoms in total. The van der Waals surface area contributed by atoms with Gasteiger partial charge in [0.1, 0.15) is 16.9 Å². The number of hydrogen-bond acceptors (Lipinski definition) is 3. The number of aromatic nitrogens is 1. The minimum absolute atomic E-state index is 0.250. The van der Waals surface area contributed by atoms with Crippen LogP contribution in [0.25, 0.3) is 33.7 Å². The smallest absolute Gasteiger partial charge is 0.227 e. The summed E-state index contributed by atoms with van der Waals surface area (Å²) in [5.74, 6) is 1.88. The van der Waals surface area contributed by atoms with Crippen LogP contribution in [0.5, 0.6) is 5.75 Å². The van der Waals surface area contributed by atoms with Crippen LogP contribution >= 0.6 is 0 Å². The Kier molecular flexibility index (Phi) is 3.57. The van der Waals surface area contributed by atoms with Gasteiger partial charge in [0.05, 0.1) is 0 Å². The van der Waals surface area contributed by atoms with Crippen LogP contribution in [0.3, 0.4) is 0 Å². The molecule has 0 radical (unpaired) electrons. The van der Waals surface area contributed by atoms with Crippen molar-refractivity contribution in [3.05, 3.63) is 96.1 Å². The molecule has 6 rings (SSSR count). The third-order valence-electron chi connectivity index (χ3n) is 6.22. The highest BCUT2D eigenvalue weighted by Crippen LogP contribution is 2.51. The molecule has 0 saturated heterocycles. The molecule has 0 N–H and O–H groups in total. The number of ether oxygens (including phenoxy) is 1. The van der Waals surface area contributed by atoms with Crippen molar-refractivity contribution in [2.45, 2.75) is 25.4 Å². The standard InChI is InChI=1S/C27H21NO2/c1-17-7-5-11-23-24(17)29-26(28-23)19-14-12-18(13-15-19)20-8-6-9-21-22-10-3-4-16-27(22,2)30-25(20)21/h3-16,22H,1-2H3. The van der Waals surface area contributed by atoms with Crippen LogP contribution in [0, 0.1) is 6.92 Å². The second kappa shape index (κ2) is 6.20. The van der Waals surface area contributed by atoms with E-state index in [0.29, 0.717) is 5.89 Å². The first kappa shape index (κ1) is 17.3. The topological polar surface area (TPSA) is 35.3 Å². The van der Waals surface area contributed by atoms with Crippen LogP contribution in [0.15, 0.2) is 89.4 Å². The molecule has 0 spiro atoms. The Morgan fingerprint density at radius 1 is 0.900 bits per heavy atom. The van der Waals surface area contributed by atoms with E-state index in [4.69, 9.17) is 9.15 Å². The van der Waals surface area contributed by atoms with Crippen LogP contribution < -0.4 is 4.74 Å². The summed E-state index contributed by atoms with van der Waals surface area (Å²) in [4.78, 5) is 4.66. The summed E-state index contributed by atoms with van der Waals surface area (Å²) in [5.41, 5.74) is 6.97. The van der Waals surface area contributed by atoms with E-state index in [-0.39, 0.29) is 11.5 Å². The summed E-state index contributed by atoms with van der Waals surface area (Å²) >= 11 is 0. The summed E-state index contributed by atoms with van der Waals surface area (Å²) < 4.78 is 12.5. The monoisotopic (exact) mass is 391 g/mol. The minimum Gasteiger partial charge on any atom is -0.482 e. The van der Waals surface area contributed by atoms with E-state index in [1.807, 2.05) is 25.1 Å². The molecule has 0 saturated carbocycles. The van der Waals surface area contributed by atoms with Crippen molar-refractivity contribution in [3.8, 4) is 28.3 Å². The third kappa shape index (κ3) is 2.48. The lowest BCUT2D eigenvalue weighted by atomic mass is 9.82. The molecular weight excluding hydrogens is 370 g/mol. The first-order valence-electron chi connectivity index (χ1n) is 10.3. The van der Waals surface area contributed by atoms with Crippen molar-refractivity contribution in [3.63, 3.8) is 0 Å². The Hall–Kier alpha value is -3.59. The fourth-order valence-electron chi connectivity index (χ4n) is 4.59. The number of hydrogen-bond donors (Lipinski definition) is 0. The lowest BCUT2D eigenvalue weighted by Crippen LogP contribution is -2.32. The van der Waals surface area contributed by atoms with Crippen molar-refractivity contribution >= 4 is 11.1 Å². The van der Waals surface area contributed by atoms with E-state index < -0.39 is 0 Å². The lowest BCUT2D eigenvalue weighted by Gasteiger charge is -2.27. The molecule has 146 valence electrons. The Morgan fingerprint density at radius 2 is 1.70 bits per heavy atom. The number of fused-ring (bicyclic) bond motifs is 4. The van der Waals surface area contributed by atoms with Crippen molar-refractivity contribution in [2.24, 2.45) is 0 Å². The van der Waals surface area contributed by atoms with Crippen molar-refractivity contribution in [1.29, 1.82) is 0 Å². The first-order valence-corrected chi connectivity index (χ1v) is 10.3. The Labute approximate surface area is 175 Å². The number of aryl methyl sites for hydroxylation is 1. The molecule has 0 bridgehead atoms. The number of para-hydroxylation sites is 2. The van der Waals surface area contributed by atoms with Gasteiger partial charge >= 0.3 is 0 Å². The van der Waals surface area contributed by atoms with Crippen LogP contribution in [0.2, 0.25) is 0 Å². The summed E-state index contributed by atoms with van der Waals surface area (Å²) in [5, 5.41) is 0. The average Bonchev–Trinajstić information content (AvgIpc) is 3.33. The summed E-state index contributed by atoms with van der Waals surface area (Å²) in [6.45, 7) is 4.19. The van der Waals surface area contributed by atoms with Crippen molar-refractivity contribution in [1.82, 2.24) is 4.98 Å². The van der Waals surface area contributed by atoms with E-state index in [1.54, 1.807) is 0 Å². The molecular formula is C27H21NO2. The zero-order valence-electron chi connectivity index (χ0n) is 16.9. The normalized spacial score (nSPS) is 21.5. The molecule has 2 aliphatic rings. The van der Waals surface area contributed by atoms with Crippen molar-refractivity contribution < 1.29 is 9.15 Å². The second-order valence-corrected chi connectivity index (χ2v) is 8.25. The molecule has 2 atom stereocenters. The zero-order chi connectivity index (χ0) is 20.3. The molecule has 4 aromatic rings. The average molecular weight is 391 g/mol. The van der Waals surface area contributed by atoms with Gasteiger partial charge in [0.2, 0.25) is 5.89 Å². The highest BCUT2D eigenvalue weighted by atomic mass is 16.5. The maximum absolute atomic E-state index is 6.48. The number of rotatable bonds is 2. The van der Waals surface area contributed by atoms with Crippen LogP contribution in [0.1, 0.15) is 24.0 Å². The van der Waals surface area contributed by atoms with Gasteiger partial charge < -0.3 is 9.15 Å². The minimum atomic E-state index is -0.316. The third-order valence-corrected chi connectivity index (χ3v) is 6.22. The molecule has 1 aliphatic carbocycles. The lowest BCUT2D eigenvalue weighted by molar-refractivity contribution is 0.156. The quantitative estimate of drug-likeness (QED) is 0.376. The molecule has 30 heavy (non-hydrogen) atoms. The van der Waals surface area contributed by atoms with Crippen LogP contribution in [0.4, 0.5) is 0 Å². The molecule has 2 heterocycles. The Morgan fingerprint density at radius 3 is 2.53 bits per heavy atom. The van der Waals surface area contributed by atoms with Gasteiger partial charge in [-0.1, -0.05) is 60.7 Å². The molecule has 3 heteroatoms. The predicted octanol–water partition coefficient (Wildman–Crippen LogP) is 6.83. The van der Waals surface area contributed by atoms with Gasteiger partial charge in [0, 0.05) is 22.6 Å². The van der Waals surface area contributed by atoms with E-state index in [2.05, 4.69) is 78.7 Å². The Bertz CT molecular complexity index is 1340. The number of oxazole rings is 1. The van der Waals surface area contributed by atoms with Gasteiger partial charge in [-0.15, -0.1) is 0 Å². The second-order valence-electron chi connectivity index (χ2n) is 8.25. The maximum atomic E-state index is 6.48. The highest BCUT2D eigenvalue weighted by Gasteiger charge is 2.43. The van der Waals surface area contributed by atoms with Gasteiger partial charge in [-0.05, 0) is 49.2 Å². The summed E-state index contributed by atoms with van der Waals surface area (Å²) in [6.07, 6.45) is 8.56. The molecule has 1 aliphatic heterocycles. The van der Waals surface area contributed by atoms with E-state index in [1.165, 1.54) is 5.56 Å². The van der Waals surface area contributed by atoms with Crippen molar-refractivity contribution in [2.75, 3.05) is 0 Å². The first-order chi connectivity index (χ1) is 14.6. The molecule has 2 unspecified atom stereocenters. The SMILES string of the molecule is Cc1cccc2nc(-c3ccc(-c4cccc5c4OC4(C)C=CC=CC54)cc3)oc12. The van der Waals surface area contributed by atoms with Gasteiger partial charge in [-0.3, -0.25) is 0 Å². The van der Waals surface area contributed by atoms with Gasteiger partial charge in [-0.2, -0.15) is 0 Å². The fraction of sp³-hybridized carbons (Fsp3) is 0.148. The largest absolute Gasteiger partial charge is 0.482 e. The molecule has 0 amide bonds. The zero-order valence-corrected chi connectivity index (χ0v) is 16.9. The van der Waals surface area contributed by atoms with Gasteiger partial charge in [0.25, 0.3) is 0 Å². The predicted molar refractivity (Wildman–Crippen MR) is 120 cm³/mol. The number of benzene rings is 3. The molecule has 1 aromatic heterocycles. The van der Waals surface area contributed by atoms with E-state index in [9.17, 15) is 0 Å². The molecule has 0 fully saturated rings. The maximum Gasteiger partial charge on any atom is 0.227 e. The van der Waals surface area contributed by atoms with Crippen LogP contribution in [-0.4, -0.2) is 10.6 Å². The van der Waals surface area contributed by atoms with Gasteiger partial charge in [0.15, 0.2) is 5.58 Å². The van der Waals surface area contributed by atoms with E-state index in [0.717, 1.165) is 39.1 Å². The highest BCUT2D eigenvalue weighted by molar-refractivity contribution is 5.80. The fourth-order valence-corrected chi connectivity index (χ4v) is 4.59. The van der Waals surface area contributed by atoms with E-state index >= 15 is 0 Å².